The summed E-state index contributed by atoms with van der Waals surface area (Å²) < 4.78 is 15.5. The van der Waals surface area contributed by atoms with Gasteiger partial charge in [-0.25, -0.2) is 4.98 Å². The number of ether oxygens (including phenoxy) is 2. The molecule has 4 aromatic heterocycles. The van der Waals surface area contributed by atoms with Gasteiger partial charge in [-0.2, -0.15) is 5.26 Å². The van der Waals surface area contributed by atoms with E-state index in [4.69, 9.17) is 25.9 Å². The van der Waals surface area contributed by atoms with Gasteiger partial charge in [-0.05, 0) is 50.2 Å². The van der Waals surface area contributed by atoms with Crippen molar-refractivity contribution < 1.29 is 9.47 Å². The second kappa shape index (κ2) is 10.8. The van der Waals surface area contributed by atoms with E-state index in [0.29, 0.717) is 22.8 Å². The van der Waals surface area contributed by atoms with Gasteiger partial charge < -0.3 is 18.6 Å². The lowest BCUT2D eigenvalue weighted by molar-refractivity contribution is 0.296. The normalized spacial score (nSPS) is 10.8. The Labute approximate surface area is 232 Å². The van der Waals surface area contributed by atoms with Gasteiger partial charge in [0.1, 0.15) is 35.3 Å². The van der Waals surface area contributed by atoms with Crippen LogP contribution in [0, 0.1) is 37.5 Å². The highest BCUT2D eigenvalue weighted by Gasteiger charge is 2.18. The van der Waals surface area contributed by atoms with Crippen molar-refractivity contribution in [2.45, 2.75) is 27.0 Å². The minimum absolute atomic E-state index is 0.0699. The first-order valence-electron chi connectivity index (χ1n) is 12.6. The van der Waals surface area contributed by atoms with Gasteiger partial charge in [0.25, 0.3) is 5.56 Å². The molecule has 4 heterocycles. The molecule has 0 saturated heterocycles. The predicted molar refractivity (Wildman–Crippen MR) is 153 cm³/mol. The van der Waals surface area contributed by atoms with Gasteiger partial charge in [0.05, 0.1) is 30.6 Å². The number of fused-ring (bicyclic) bond motifs is 1. The van der Waals surface area contributed by atoms with Crippen molar-refractivity contribution >= 4 is 10.9 Å². The molecule has 0 aliphatic carbocycles. The van der Waals surface area contributed by atoms with E-state index in [-0.39, 0.29) is 24.3 Å². The van der Waals surface area contributed by atoms with E-state index in [1.165, 1.54) is 10.6 Å². The van der Waals surface area contributed by atoms with Gasteiger partial charge >= 0.3 is 0 Å². The van der Waals surface area contributed by atoms with Crippen molar-refractivity contribution in [3.8, 4) is 41.2 Å². The van der Waals surface area contributed by atoms with Crippen LogP contribution in [-0.2, 0) is 20.2 Å². The molecule has 0 aliphatic rings. The Bertz CT molecular complexity index is 1900. The minimum Gasteiger partial charge on any atom is -0.496 e. The Morgan fingerprint density at radius 3 is 2.55 bits per heavy atom. The Kier molecular flexibility index (Phi) is 7.09. The fourth-order valence-corrected chi connectivity index (χ4v) is 4.86. The van der Waals surface area contributed by atoms with Crippen LogP contribution in [0.1, 0.15) is 33.9 Å². The van der Waals surface area contributed by atoms with Gasteiger partial charge in [-0.1, -0.05) is 18.1 Å². The molecule has 0 N–H and O–H groups in total. The SMILES string of the molecule is C#Cc1ccc(-c2cc(C)nc3c(OCc4c(OC)cc(C)nc4Cn4cccc(C#N)c4=O)cccc23)n1C. The van der Waals surface area contributed by atoms with Gasteiger partial charge in [0.2, 0.25) is 0 Å². The van der Waals surface area contributed by atoms with Crippen LogP contribution < -0.4 is 15.0 Å². The fourth-order valence-electron chi connectivity index (χ4n) is 4.86. The molecule has 0 amide bonds. The Hall–Kier alpha value is -5.34. The van der Waals surface area contributed by atoms with Crippen molar-refractivity contribution in [2.24, 2.45) is 7.05 Å². The molecular formula is C32H27N5O3. The van der Waals surface area contributed by atoms with Crippen LogP contribution in [0.5, 0.6) is 11.5 Å². The second-order valence-electron chi connectivity index (χ2n) is 9.42. The lowest BCUT2D eigenvalue weighted by Crippen LogP contribution is -2.23. The summed E-state index contributed by atoms with van der Waals surface area (Å²) in [5.41, 5.74) is 6.08. The molecule has 40 heavy (non-hydrogen) atoms. The molecule has 5 aromatic rings. The molecule has 0 fully saturated rings. The van der Waals surface area contributed by atoms with E-state index in [9.17, 15) is 10.1 Å². The number of aromatic nitrogens is 4. The number of nitriles is 1. The zero-order valence-electron chi connectivity index (χ0n) is 22.7. The first kappa shape index (κ1) is 26.3. The molecule has 5 rings (SSSR count). The summed E-state index contributed by atoms with van der Waals surface area (Å²) in [5.74, 6) is 3.92. The number of para-hydroxylation sites is 1. The lowest BCUT2D eigenvalue weighted by atomic mass is 10.0. The van der Waals surface area contributed by atoms with E-state index < -0.39 is 0 Å². The second-order valence-corrected chi connectivity index (χ2v) is 9.42. The van der Waals surface area contributed by atoms with Gasteiger partial charge in [-0.15, -0.1) is 6.42 Å². The minimum atomic E-state index is -0.380. The molecular weight excluding hydrogens is 502 g/mol. The van der Waals surface area contributed by atoms with Crippen LogP contribution in [0.4, 0.5) is 0 Å². The van der Waals surface area contributed by atoms with Crippen LogP contribution in [0.3, 0.4) is 0 Å². The van der Waals surface area contributed by atoms with E-state index >= 15 is 0 Å². The summed E-state index contributed by atoms with van der Waals surface area (Å²) in [6.45, 7) is 4.10. The van der Waals surface area contributed by atoms with Crippen LogP contribution in [0.2, 0.25) is 0 Å². The van der Waals surface area contributed by atoms with Crippen LogP contribution in [0.25, 0.3) is 22.2 Å². The third kappa shape index (κ3) is 4.79. The summed E-state index contributed by atoms with van der Waals surface area (Å²) in [5, 5.41) is 10.2. The summed E-state index contributed by atoms with van der Waals surface area (Å²) in [6, 6.07) is 18.7. The number of aryl methyl sites for hydroxylation is 2. The van der Waals surface area contributed by atoms with Crippen LogP contribution in [-0.4, -0.2) is 26.2 Å². The maximum atomic E-state index is 12.7. The zero-order chi connectivity index (χ0) is 28.4. The molecule has 1 aromatic carbocycles. The average molecular weight is 530 g/mol. The summed E-state index contributed by atoms with van der Waals surface area (Å²) in [7, 11) is 3.53. The van der Waals surface area contributed by atoms with Gasteiger partial charge in [0, 0.05) is 47.3 Å². The Morgan fingerprint density at radius 1 is 1.02 bits per heavy atom. The maximum Gasteiger partial charge on any atom is 0.268 e. The molecule has 0 unspecified atom stereocenters. The standard InChI is InChI=1S/C32H27N5O3/c1-6-23-12-13-28(36(23)4)25-15-20(2)35-31-24(25)10-7-11-29(31)40-19-26-27(34-21(3)16-30(26)39-5)18-37-14-8-9-22(17-33)32(37)38/h1,7-16H,18-19H2,2-5H3. The first-order valence-corrected chi connectivity index (χ1v) is 12.6. The number of hydrogen-bond acceptors (Lipinski definition) is 6. The number of terminal acetylenes is 1. The monoisotopic (exact) mass is 529 g/mol. The molecule has 8 nitrogen and oxygen atoms in total. The number of rotatable bonds is 7. The Balaban J connectivity index is 1.56. The number of benzene rings is 1. The number of hydrogen-bond donors (Lipinski definition) is 0. The third-order valence-electron chi connectivity index (χ3n) is 6.83. The topological polar surface area (TPSA) is 95.0 Å². The molecule has 8 heteroatoms. The Morgan fingerprint density at radius 2 is 1.82 bits per heavy atom. The highest BCUT2D eigenvalue weighted by atomic mass is 16.5. The van der Waals surface area contributed by atoms with Gasteiger partial charge in [-0.3, -0.25) is 9.78 Å². The molecule has 0 radical (unpaired) electrons. The largest absolute Gasteiger partial charge is 0.496 e. The molecule has 0 bridgehead atoms. The maximum absolute atomic E-state index is 12.7. The quantitative estimate of drug-likeness (QED) is 0.278. The summed E-state index contributed by atoms with van der Waals surface area (Å²) in [6.07, 6.45) is 7.31. The number of methoxy groups -OCH3 is 1. The highest BCUT2D eigenvalue weighted by Crippen LogP contribution is 2.35. The van der Waals surface area contributed by atoms with Crippen LogP contribution in [0.15, 0.2) is 65.6 Å². The lowest BCUT2D eigenvalue weighted by Gasteiger charge is -2.17. The first-order chi connectivity index (χ1) is 19.3. The molecule has 0 spiro atoms. The smallest absolute Gasteiger partial charge is 0.268 e. The van der Waals surface area contributed by atoms with Crippen molar-refractivity contribution in [3.63, 3.8) is 0 Å². The van der Waals surface area contributed by atoms with E-state index in [0.717, 1.165) is 39.2 Å². The number of pyridine rings is 3. The van der Waals surface area contributed by atoms with E-state index in [1.807, 2.05) is 74.0 Å². The van der Waals surface area contributed by atoms with Crippen LogP contribution >= 0.6 is 0 Å². The van der Waals surface area contributed by atoms with Crippen molar-refractivity contribution in [2.75, 3.05) is 7.11 Å². The molecule has 0 saturated carbocycles. The number of nitrogens with zero attached hydrogens (tertiary/aromatic N) is 5. The fraction of sp³-hybridized carbons (Fsp3) is 0.188. The van der Waals surface area contributed by atoms with E-state index in [1.54, 1.807) is 19.4 Å². The zero-order valence-corrected chi connectivity index (χ0v) is 22.7. The van der Waals surface area contributed by atoms with Crippen molar-refractivity contribution in [1.82, 2.24) is 19.1 Å². The average Bonchev–Trinajstić information content (AvgIpc) is 3.32. The van der Waals surface area contributed by atoms with Gasteiger partial charge in [0.15, 0.2) is 0 Å². The summed E-state index contributed by atoms with van der Waals surface area (Å²) in [4.78, 5) is 22.2. The highest BCUT2D eigenvalue weighted by molar-refractivity contribution is 5.97. The molecule has 0 aliphatic heterocycles. The third-order valence-corrected chi connectivity index (χ3v) is 6.83. The van der Waals surface area contributed by atoms with E-state index in [2.05, 4.69) is 5.92 Å². The molecule has 198 valence electrons. The van der Waals surface area contributed by atoms with Crippen molar-refractivity contribution in [1.29, 1.82) is 5.26 Å². The molecule has 0 atom stereocenters. The predicted octanol–water partition coefficient (Wildman–Crippen LogP) is 4.90. The van der Waals surface area contributed by atoms with Crippen molar-refractivity contribution in [3.05, 3.63) is 105 Å². The summed E-state index contributed by atoms with van der Waals surface area (Å²) >= 11 is 0.